The van der Waals surface area contributed by atoms with E-state index in [1.54, 1.807) is 24.4 Å². The van der Waals surface area contributed by atoms with Crippen LogP contribution < -0.4 is 10.6 Å². The number of nitrogens with zero attached hydrogens (tertiary/aromatic N) is 2. The minimum absolute atomic E-state index is 0.479. The Hall–Kier alpha value is -2.01. The summed E-state index contributed by atoms with van der Waals surface area (Å²) in [7, 11) is 0. The maximum atomic E-state index is 6.14. The van der Waals surface area contributed by atoms with Crippen molar-refractivity contribution in [1.82, 2.24) is 9.97 Å². The third-order valence-corrected chi connectivity index (χ3v) is 4.35. The molecule has 0 saturated heterocycles. The van der Waals surface area contributed by atoms with E-state index in [4.69, 9.17) is 34.8 Å². The average molecular weight is 380 g/mol. The Labute approximate surface area is 154 Å². The zero-order valence-corrected chi connectivity index (χ0v) is 14.7. The number of aromatic nitrogens is 2. The molecule has 0 unspecified atom stereocenters. The highest BCUT2D eigenvalue weighted by molar-refractivity contribution is 6.42. The topological polar surface area (TPSA) is 49.8 Å². The molecule has 0 radical (unpaired) electrons. The fourth-order valence-corrected chi connectivity index (χ4v) is 2.55. The van der Waals surface area contributed by atoms with E-state index < -0.39 is 0 Å². The Morgan fingerprint density at radius 3 is 2.50 bits per heavy atom. The second-order valence-electron chi connectivity index (χ2n) is 4.96. The first-order valence-electron chi connectivity index (χ1n) is 7.14. The lowest BCUT2D eigenvalue weighted by Gasteiger charge is -2.09. The molecular formula is C17H13Cl3N4. The number of rotatable bonds is 5. The number of halogens is 3. The van der Waals surface area contributed by atoms with Crippen LogP contribution in [-0.2, 0) is 6.54 Å². The number of anilines is 3. The molecule has 24 heavy (non-hydrogen) atoms. The van der Waals surface area contributed by atoms with Crippen LogP contribution in [0.5, 0.6) is 0 Å². The van der Waals surface area contributed by atoms with Gasteiger partial charge in [-0.1, -0.05) is 53.0 Å². The molecule has 0 fully saturated rings. The molecule has 4 nitrogen and oxygen atoms in total. The largest absolute Gasteiger partial charge is 0.350 e. The van der Waals surface area contributed by atoms with Gasteiger partial charge >= 0.3 is 0 Å². The Morgan fingerprint density at radius 1 is 0.875 bits per heavy atom. The van der Waals surface area contributed by atoms with Crippen LogP contribution in [0, 0.1) is 0 Å². The van der Waals surface area contributed by atoms with Gasteiger partial charge in [-0.15, -0.1) is 0 Å². The van der Waals surface area contributed by atoms with Gasteiger partial charge in [-0.05, 0) is 35.9 Å². The lowest BCUT2D eigenvalue weighted by Crippen LogP contribution is -2.05. The molecular weight excluding hydrogens is 367 g/mol. The lowest BCUT2D eigenvalue weighted by atomic mass is 10.2. The van der Waals surface area contributed by atoms with Crippen molar-refractivity contribution in [3.05, 3.63) is 75.4 Å². The van der Waals surface area contributed by atoms with Crippen LogP contribution in [0.2, 0.25) is 15.1 Å². The first-order valence-corrected chi connectivity index (χ1v) is 8.27. The van der Waals surface area contributed by atoms with Gasteiger partial charge in [0.1, 0.15) is 5.82 Å². The van der Waals surface area contributed by atoms with Crippen LogP contribution in [0.1, 0.15) is 5.56 Å². The maximum absolute atomic E-state index is 6.14. The van der Waals surface area contributed by atoms with E-state index in [-0.39, 0.29) is 0 Å². The molecule has 122 valence electrons. The summed E-state index contributed by atoms with van der Waals surface area (Å²) in [6, 6.07) is 14.7. The standard InChI is InChI=1S/C17H13Cl3N4/c18-13-4-2-1-3-11(13)10-22-17-21-8-7-16(24-17)23-12-5-6-14(19)15(20)9-12/h1-9H,10H2,(H2,21,22,23,24). The molecule has 0 aliphatic heterocycles. The fourth-order valence-electron chi connectivity index (χ4n) is 2.05. The first-order chi connectivity index (χ1) is 11.6. The molecule has 0 spiro atoms. The summed E-state index contributed by atoms with van der Waals surface area (Å²) in [4.78, 5) is 8.62. The predicted molar refractivity (Wildman–Crippen MR) is 101 cm³/mol. The molecule has 7 heteroatoms. The van der Waals surface area contributed by atoms with E-state index >= 15 is 0 Å². The van der Waals surface area contributed by atoms with Crippen molar-refractivity contribution in [2.45, 2.75) is 6.54 Å². The second kappa shape index (κ2) is 7.71. The van der Waals surface area contributed by atoms with Crippen LogP contribution in [0.3, 0.4) is 0 Å². The van der Waals surface area contributed by atoms with Gasteiger partial charge in [-0.25, -0.2) is 4.98 Å². The van der Waals surface area contributed by atoms with Gasteiger partial charge in [0.25, 0.3) is 0 Å². The minimum atomic E-state index is 0.479. The molecule has 2 aromatic carbocycles. The molecule has 0 aliphatic carbocycles. The molecule has 2 N–H and O–H groups in total. The average Bonchev–Trinajstić information content (AvgIpc) is 2.58. The Kier molecular flexibility index (Phi) is 5.41. The third kappa shape index (κ3) is 4.29. The summed E-state index contributed by atoms with van der Waals surface area (Å²) in [6.45, 7) is 0.538. The van der Waals surface area contributed by atoms with Crippen molar-refractivity contribution in [3.63, 3.8) is 0 Å². The quantitative estimate of drug-likeness (QED) is 0.589. The van der Waals surface area contributed by atoms with Crippen LogP contribution >= 0.6 is 34.8 Å². The van der Waals surface area contributed by atoms with Crippen molar-refractivity contribution < 1.29 is 0 Å². The highest BCUT2D eigenvalue weighted by Crippen LogP contribution is 2.26. The zero-order valence-electron chi connectivity index (χ0n) is 12.4. The smallest absolute Gasteiger partial charge is 0.224 e. The van der Waals surface area contributed by atoms with Crippen LogP contribution in [0.15, 0.2) is 54.7 Å². The molecule has 3 rings (SSSR count). The molecule has 1 heterocycles. The predicted octanol–water partition coefficient (Wildman–Crippen LogP) is 5.79. The summed E-state index contributed by atoms with van der Waals surface area (Å²) in [5, 5.41) is 8.01. The lowest BCUT2D eigenvalue weighted by molar-refractivity contribution is 1.06. The summed E-state index contributed by atoms with van der Waals surface area (Å²) >= 11 is 18.1. The van der Waals surface area contributed by atoms with E-state index in [2.05, 4.69) is 20.6 Å². The molecule has 0 aliphatic rings. The van der Waals surface area contributed by atoms with Crippen LogP contribution in [0.25, 0.3) is 0 Å². The number of nitrogens with one attached hydrogen (secondary N) is 2. The van der Waals surface area contributed by atoms with Gasteiger partial charge in [-0.3, -0.25) is 0 Å². The zero-order chi connectivity index (χ0) is 16.9. The highest BCUT2D eigenvalue weighted by Gasteiger charge is 2.04. The highest BCUT2D eigenvalue weighted by atomic mass is 35.5. The van der Waals surface area contributed by atoms with E-state index in [9.17, 15) is 0 Å². The Balaban J connectivity index is 1.69. The molecule has 0 amide bonds. The van der Waals surface area contributed by atoms with E-state index in [0.29, 0.717) is 33.4 Å². The van der Waals surface area contributed by atoms with Gasteiger partial charge in [0, 0.05) is 23.5 Å². The van der Waals surface area contributed by atoms with Crippen molar-refractivity contribution in [1.29, 1.82) is 0 Å². The number of hydrogen-bond acceptors (Lipinski definition) is 4. The molecule has 0 bridgehead atoms. The molecule has 0 atom stereocenters. The second-order valence-corrected chi connectivity index (χ2v) is 6.19. The van der Waals surface area contributed by atoms with E-state index in [0.717, 1.165) is 11.3 Å². The van der Waals surface area contributed by atoms with Gasteiger partial charge in [0.15, 0.2) is 0 Å². The SMILES string of the molecule is Clc1ccc(Nc2ccnc(NCc3ccccc3Cl)n2)cc1Cl. The summed E-state index contributed by atoms with van der Waals surface area (Å²) in [5.41, 5.74) is 1.77. The normalized spacial score (nSPS) is 10.5. The number of hydrogen-bond donors (Lipinski definition) is 2. The van der Waals surface area contributed by atoms with Gasteiger partial charge in [-0.2, -0.15) is 4.98 Å². The van der Waals surface area contributed by atoms with E-state index in [1.807, 2.05) is 30.3 Å². The van der Waals surface area contributed by atoms with Gasteiger partial charge in [0.2, 0.25) is 5.95 Å². The summed E-state index contributed by atoms with van der Waals surface area (Å²) < 4.78 is 0. The molecule has 0 saturated carbocycles. The fraction of sp³-hybridized carbons (Fsp3) is 0.0588. The minimum Gasteiger partial charge on any atom is -0.350 e. The van der Waals surface area contributed by atoms with Crippen molar-refractivity contribution >= 4 is 52.3 Å². The van der Waals surface area contributed by atoms with Gasteiger partial charge < -0.3 is 10.6 Å². The van der Waals surface area contributed by atoms with Crippen LogP contribution in [0.4, 0.5) is 17.5 Å². The summed E-state index contributed by atoms with van der Waals surface area (Å²) in [6.07, 6.45) is 1.67. The van der Waals surface area contributed by atoms with E-state index in [1.165, 1.54) is 0 Å². The van der Waals surface area contributed by atoms with Crippen molar-refractivity contribution in [2.24, 2.45) is 0 Å². The van der Waals surface area contributed by atoms with Crippen molar-refractivity contribution in [3.8, 4) is 0 Å². The molecule has 1 aromatic heterocycles. The monoisotopic (exact) mass is 378 g/mol. The summed E-state index contributed by atoms with van der Waals surface area (Å²) in [5.74, 6) is 1.14. The Morgan fingerprint density at radius 2 is 1.71 bits per heavy atom. The third-order valence-electron chi connectivity index (χ3n) is 3.24. The molecule has 3 aromatic rings. The maximum Gasteiger partial charge on any atom is 0.224 e. The van der Waals surface area contributed by atoms with Gasteiger partial charge in [0.05, 0.1) is 10.0 Å². The van der Waals surface area contributed by atoms with Crippen molar-refractivity contribution in [2.75, 3.05) is 10.6 Å². The first kappa shape index (κ1) is 16.8. The Bertz CT molecular complexity index is 855. The van der Waals surface area contributed by atoms with Crippen LogP contribution in [-0.4, -0.2) is 9.97 Å². The number of benzene rings is 2.